The lowest BCUT2D eigenvalue weighted by Gasteiger charge is -2.27. The summed E-state index contributed by atoms with van der Waals surface area (Å²) >= 11 is 0. The number of hydrogen-bond acceptors (Lipinski definition) is 2. The van der Waals surface area contributed by atoms with Gasteiger partial charge in [-0.05, 0) is 36.8 Å². The summed E-state index contributed by atoms with van der Waals surface area (Å²) in [6, 6.07) is 6.81. The Balaban J connectivity index is 1.99. The van der Waals surface area contributed by atoms with E-state index in [0.29, 0.717) is 12.8 Å². The molecule has 1 aromatic carbocycles. The molecule has 1 aliphatic rings. The van der Waals surface area contributed by atoms with E-state index >= 15 is 0 Å². The molecule has 1 aliphatic carbocycles. The van der Waals surface area contributed by atoms with E-state index in [1.165, 1.54) is 5.56 Å². The number of aliphatic carboxylic acids is 1. The number of carboxylic acid groups (broad SMARTS) is 1. The van der Waals surface area contributed by atoms with Gasteiger partial charge in [0.1, 0.15) is 6.04 Å². The van der Waals surface area contributed by atoms with Gasteiger partial charge in [-0.15, -0.1) is 0 Å². The molecule has 0 heterocycles. The average molecular weight is 290 g/mol. The molecule has 2 atom stereocenters. The summed E-state index contributed by atoms with van der Waals surface area (Å²) in [5.41, 5.74) is 2.40. The van der Waals surface area contributed by atoms with Crippen molar-refractivity contribution in [1.82, 2.24) is 10.6 Å². The largest absolute Gasteiger partial charge is 0.480 e. The van der Waals surface area contributed by atoms with E-state index in [-0.39, 0.29) is 6.04 Å². The van der Waals surface area contributed by atoms with Gasteiger partial charge >= 0.3 is 12.0 Å². The molecule has 0 aliphatic heterocycles. The smallest absolute Gasteiger partial charge is 0.326 e. The number of aryl methyl sites for hydroxylation is 1. The molecule has 21 heavy (non-hydrogen) atoms. The van der Waals surface area contributed by atoms with Crippen LogP contribution < -0.4 is 10.6 Å². The molecule has 1 aromatic rings. The third-order valence-electron chi connectivity index (χ3n) is 3.86. The second-order valence-electron chi connectivity index (χ2n) is 5.44. The SMILES string of the molecule is CCCC(NC(=O)NC1CCCc2ccccc21)C(=O)O. The van der Waals surface area contributed by atoms with Crippen LogP contribution in [0.4, 0.5) is 4.79 Å². The average Bonchev–Trinajstić information content (AvgIpc) is 2.47. The van der Waals surface area contributed by atoms with Crippen LogP contribution in [0.5, 0.6) is 0 Å². The monoisotopic (exact) mass is 290 g/mol. The summed E-state index contributed by atoms with van der Waals surface area (Å²) < 4.78 is 0. The zero-order valence-corrected chi connectivity index (χ0v) is 12.3. The molecule has 114 valence electrons. The minimum atomic E-state index is -0.990. The molecule has 3 N–H and O–H groups in total. The van der Waals surface area contributed by atoms with Crippen molar-refractivity contribution in [2.45, 2.75) is 51.1 Å². The molecular weight excluding hydrogens is 268 g/mol. The second-order valence-corrected chi connectivity index (χ2v) is 5.44. The van der Waals surface area contributed by atoms with E-state index in [9.17, 15) is 9.59 Å². The van der Waals surface area contributed by atoms with Gasteiger partial charge < -0.3 is 15.7 Å². The van der Waals surface area contributed by atoms with Gasteiger partial charge in [0, 0.05) is 0 Å². The predicted octanol–water partition coefficient (Wildman–Crippen LogP) is 2.62. The van der Waals surface area contributed by atoms with E-state index < -0.39 is 18.0 Å². The number of amides is 2. The van der Waals surface area contributed by atoms with Gasteiger partial charge in [0.25, 0.3) is 0 Å². The lowest BCUT2D eigenvalue weighted by molar-refractivity contribution is -0.139. The molecule has 0 saturated carbocycles. The third-order valence-corrected chi connectivity index (χ3v) is 3.86. The Morgan fingerprint density at radius 2 is 2.14 bits per heavy atom. The standard InChI is InChI=1S/C16H22N2O3/c1-2-6-14(15(19)20)18-16(21)17-13-10-5-8-11-7-3-4-9-12(11)13/h3-4,7,9,13-14H,2,5-6,8,10H2,1H3,(H,19,20)(H2,17,18,21). The highest BCUT2D eigenvalue weighted by molar-refractivity contribution is 5.82. The maximum Gasteiger partial charge on any atom is 0.326 e. The first-order valence-electron chi connectivity index (χ1n) is 7.49. The Morgan fingerprint density at radius 3 is 2.86 bits per heavy atom. The molecule has 2 rings (SSSR count). The molecule has 0 fully saturated rings. The number of nitrogens with one attached hydrogen (secondary N) is 2. The van der Waals surface area contributed by atoms with Crippen molar-refractivity contribution in [3.05, 3.63) is 35.4 Å². The molecule has 0 aromatic heterocycles. The van der Waals surface area contributed by atoms with Crippen LogP contribution in [0.2, 0.25) is 0 Å². The van der Waals surface area contributed by atoms with Crippen molar-refractivity contribution in [1.29, 1.82) is 0 Å². The number of carboxylic acids is 1. The first kappa shape index (κ1) is 15.4. The van der Waals surface area contributed by atoms with Crippen molar-refractivity contribution >= 4 is 12.0 Å². The summed E-state index contributed by atoms with van der Waals surface area (Å²) in [4.78, 5) is 23.1. The van der Waals surface area contributed by atoms with E-state index in [2.05, 4.69) is 16.7 Å². The van der Waals surface area contributed by atoms with Gasteiger partial charge in [-0.25, -0.2) is 9.59 Å². The van der Waals surface area contributed by atoms with Crippen LogP contribution in [0, 0.1) is 0 Å². The quantitative estimate of drug-likeness (QED) is 0.780. The summed E-state index contributed by atoms with van der Waals surface area (Å²) in [6.45, 7) is 1.90. The van der Waals surface area contributed by atoms with Crippen LogP contribution >= 0.6 is 0 Å². The van der Waals surface area contributed by atoms with Crippen LogP contribution in [0.15, 0.2) is 24.3 Å². The van der Waals surface area contributed by atoms with E-state index in [0.717, 1.165) is 24.8 Å². The maximum absolute atomic E-state index is 12.0. The Morgan fingerprint density at radius 1 is 1.38 bits per heavy atom. The minimum Gasteiger partial charge on any atom is -0.480 e. The van der Waals surface area contributed by atoms with Gasteiger partial charge in [-0.3, -0.25) is 0 Å². The van der Waals surface area contributed by atoms with E-state index in [1.54, 1.807) is 0 Å². The van der Waals surface area contributed by atoms with Crippen LogP contribution in [0.25, 0.3) is 0 Å². The minimum absolute atomic E-state index is 0.0361. The van der Waals surface area contributed by atoms with Crippen molar-refractivity contribution in [3.8, 4) is 0 Å². The summed E-state index contributed by atoms with van der Waals surface area (Å²) in [6.07, 6.45) is 4.09. The number of hydrogen-bond donors (Lipinski definition) is 3. The van der Waals surface area contributed by atoms with Gasteiger partial charge in [0.15, 0.2) is 0 Å². The van der Waals surface area contributed by atoms with Crippen LogP contribution in [0.3, 0.4) is 0 Å². The van der Waals surface area contributed by atoms with Gasteiger partial charge in [-0.1, -0.05) is 37.6 Å². The molecular formula is C16H22N2O3. The van der Waals surface area contributed by atoms with Crippen LogP contribution in [0.1, 0.15) is 49.8 Å². The fraction of sp³-hybridized carbons (Fsp3) is 0.500. The molecule has 0 spiro atoms. The maximum atomic E-state index is 12.0. The summed E-state index contributed by atoms with van der Waals surface area (Å²) in [7, 11) is 0. The Hall–Kier alpha value is -2.04. The summed E-state index contributed by atoms with van der Waals surface area (Å²) in [5, 5.41) is 14.5. The molecule has 2 amide bonds. The second kappa shape index (κ2) is 7.11. The molecule has 5 nitrogen and oxygen atoms in total. The van der Waals surface area contributed by atoms with E-state index in [1.807, 2.05) is 25.1 Å². The number of carbonyl (C=O) groups is 2. The third kappa shape index (κ3) is 3.97. The lowest BCUT2D eigenvalue weighted by Crippen LogP contribution is -2.47. The number of benzene rings is 1. The van der Waals surface area contributed by atoms with Crippen molar-refractivity contribution in [2.75, 3.05) is 0 Å². The number of carbonyl (C=O) groups excluding carboxylic acids is 1. The van der Waals surface area contributed by atoms with E-state index in [4.69, 9.17) is 5.11 Å². The van der Waals surface area contributed by atoms with Crippen LogP contribution in [-0.2, 0) is 11.2 Å². The van der Waals surface area contributed by atoms with Crippen LogP contribution in [-0.4, -0.2) is 23.1 Å². The Kier molecular flexibility index (Phi) is 5.20. The first-order chi connectivity index (χ1) is 10.1. The molecule has 0 saturated heterocycles. The lowest BCUT2D eigenvalue weighted by atomic mass is 9.88. The van der Waals surface area contributed by atoms with Gasteiger partial charge in [-0.2, -0.15) is 0 Å². The molecule has 0 radical (unpaired) electrons. The van der Waals surface area contributed by atoms with Gasteiger partial charge in [0.05, 0.1) is 6.04 Å². The van der Waals surface area contributed by atoms with Crippen molar-refractivity contribution in [3.63, 3.8) is 0 Å². The molecule has 5 heteroatoms. The normalized spacial score (nSPS) is 18.4. The fourth-order valence-corrected chi connectivity index (χ4v) is 2.81. The molecule has 0 bridgehead atoms. The number of fused-ring (bicyclic) bond motifs is 1. The zero-order valence-electron chi connectivity index (χ0n) is 12.3. The first-order valence-corrected chi connectivity index (χ1v) is 7.49. The zero-order chi connectivity index (χ0) is 15.2. The highest BCUT2D eigenvalue weighted by Crippen LogP contribution is 2.29. The highest BCUT2D eigenvalue weighted by atomic mass is 16.4. The predicted molar refractivity (Wildman–Crippen MR) is 80.1 cm³/mol. The topological polar surface area (TPSA) is 78.4 Å². The molecule has 2 unspecified atom stereocenters. The van der Waals surface area contributed by atoms with Crippen molar-refractivity contribution < 1.29 is 14.7 Å². The fourth-order valence-electron chi connectivity index (χ4n) is 2.81. The summed E-state index contributed by atoms with van der Waals surface area (Å²) in [5.74, 6) is -0.990. The van der Waals surface area contributed by atoms with Crippen molar-refractivity contribution in [2.24, 2.45) is 0 Å². The highest BCUT2D eigenvalue weighted by Gasteiger charge is 2.24. The Labute approximate surface area is 124 Å². The number of rotatable bonds is 5. The van der Waals surface area contributed by atoms with Gasteiger partial charge in [0.2, 0.25) is 0 Å². The Bertz CT molecular complexity index is 516. The number of urea groups is 1.